The molecular formula is C12H23NO. The van der Waals surface area contributed by atoms with Gasteiger partial charge in [0, 0.05) is 12.1 Å². The maximum Gasteiger partial charge on any atom is 0.0570 e. The molecule has 0 saturated carbocycles. The van der Waals surface area contributed by atoms with E-state index in [1.807, 2.05) is 0 Å². The molecule has 2 aliphatic rings. The smallest absolute Gasteiger partial charge is 0.0570 e. The number of aliphatic hydroxyl groups is 1. The van der Waals surface area contributed by atoms with E-state index in [4.69, 9.17) is 0 Å². The molecule has 0 aromatic heterocycles. The van der Waals surface area contributed by atoms with E-state index in [1.54, 1.807) is 0 Å². The molecule has 82 valence electrons. The topological polar surface area (TPSA) is 23.5 Å². The molecule has 0 radical (unpaired) electrons. The number of hydrogen-bond acceptors (Lipinski definition) is 2. The van der Waals surface area contributed by atoms with E-state index in [0.29, 0.717) is 12.1 Å². The van der Waals surface area contributed by atoms with Crippen LogP contribution >= 0.6 is 0 Å². The molecule has 2 bridgehead atoms. The van der Waals surface area contributed by atoms with Gasteiger partial charge in [0.15, 0.2) is 0 Å². The van der Waals surface area contributed by atoms with Crippen LogP contribution in [0.25, 0.3) is 0 Å². The van der Waals surface area contributed by atoms with E-state index < -0.39 is 0 Å². The fourth-order valence-corrected chi connectivity index (χ4v) is 3.15. The molecule has 2 rings (SSSR count). The number of aliphatic hydroxyl groups excluding tert-OH is 1. The SMILES string of the molecule is CCCCCN1C2CCC1CC(O)C2. The van der Waals surface area contributed by atoms with Crippen molar-refractivity contribution in [2.75, 3.05) is 6.54 Å². The molecule has 2 heterocycles. The van der Waals surface area contributed by atoms with Gasteiger partial charge in [-0.25, -0.2) is 0 Å². The van der Waals surface area contributed by atoms with Crippen molar-refractivity contribution in [3.8, 4) is 0 Å². The monoisotopic (exact) mass is 197 g/mol. The highest BCUT2D eigenvalue weighted by Gasteiger charge is 2.39. The molecule has 2 atom stereocenters. The Morgan fingerprint density at radius 2 is 1.79 bits per heavy atom. The van der Waals surface area contributed by atoms with Gasteiger partial charge in [0.2, 0.25) is 0 Å². The fraction of sp³-hybridized carbons (Fsp3) is 1.00. The number of hydrogen-bond donors (Lipinski definition) is 1. The first-order valence-electron chi connectivity index (χ1n) is 6.25. The third-order valence-corrected chi connectivity index (χ3v) is 3.88. The molecule has 0 spiro atoms. The van der Waals surface area contributed by atoms with Gasteiger partial charge in [-0.05, 0) is 38.6 Å². The summed E-state index contributed by atoms with van der Waals surface area (Å²) in [6.45, 7) is 3.53. The largest absolute Gasteiger partial charge is 0.393 e. The second-order valence-electron chi connectivity index (χ2n) is 4.96. The number of unbranched alkanes of at least 4 members (excludes halogenated alkanes) is 2. The first-order valence-corrected chi connectivity index (χ1v) is 6.25. The van der Waals surface area contributed by atoms with Crippen molar-refractivity contribution in [1.82, 2.24) is 4.90 Å². The zero-order chi connectivity index (χ0) is 9.97. The zero-order valence-corrected chi connectivity index (χ0v) is 9.28. The second kappa shape index (κ2) is 4.63. The van der Waals surface area contributed by atoms with Gasteiger partial charge in [-0.3, -0.25) is 4.90 Å². The Morgan fingerprint density at radius 1 is 1.14 bits per heavy atom. The predicted molar refractivity (Wildman–Crippen MR) is 58.3 cm³/mol. The molecule has 2 heteroatoms. The Labute approximate surface area is 87.3 Å². The van der Waals surface area contributed by atoms with Gasteiger partial charge in [0.1, 0.15) is 0 Å². The first kappa shape index (κ1) is 10.4. The summed E-state index contributed by atoms with van der Waals surface area (Å²) in [5, 5.41) is 9.65. The van der Waals surface area contributed by atoms with Crippen molar-refractivity contribution in [2.45, 2.75) is 70.1 Å². The maximum absolute atomic E-state index is 9.65. The van der Waals surface area contributed by atoms with E-state index in [1.165, 1.54) is 38.6 Å². The summed E-state index contributed by atoms with van der Waals surface area (Å²) >= 11 is 0. The summed E-state index contributed by atoms with van der Waals surface area (Å²) in [5.74, 6) is 0. The van der Waals surface area contributed by atoms with Gasteiger partial charge in [-0.1, -0.05) is 19.8 Å². The van der Waals surface area contributed by atoms with Crippen LogP contribution in [0.4, 0.5) is 0 Å². The summed E-state index contributed by atoms with van der Waals surface area (Å²) in [7, 11) is 0. The van der Waals surface area contributed by atoms with Crippen LogP contribution in [0.2, 0.25) is 0 Å². The molecule has 2 nitrogen and oxygen atoms in total. The molecular weight excluding hydrogens is 174 g/mol. The van der Waals surface area contributed by atoms with E-state index >= 15 is 0 Å². The Bertz CT molecular complexity index is 169. The molecule has 0 aromatic carbocycles. The van der Waals surface area contributed by atoms with Crippen molar-refractivity contribution in [1.29, 1.82) is 0 Å². The predicted octanol–water partition coefficient (Wildman–Crippen LogP) is 2.16. The Morgan fingerprint density at radius 3 is 2.36 bits per heavy atom. The average molecular weight is 197 g/mol. The normalized spacial score (nSPS) is 37.7. The Hall–Kier alpha value is -0.0800. The maximum atomic E-state index is 9.65. The van der Waals surface area contributed by atoms with Gasteiger partial charge in [-0.15, -0.1) is 0 Å². The van der Waals surface area contributed by atoms with Crippen molar-refractivity contribution < 1.29 is 5.11 Å². The number of fused-ring (bicyclic) bond motifs is 2. The number of rotatable bonds is 4. The zero-order valence-electron chi connectivity index (χ0n) is 9.28. The molecule has 2 fully saturated rings. The lowest BCUT2D eigenvalue weighted by atomic mass is 9.99. The summed E-state index contributed by atoms with van der Waals surface area (Å²) in [4.78, 5) is 2.67. The molecule has 2 saturated heterocycles. The highest BCUT2D eigenvalue weighted by Crippen LogP contribution is 2.35. The second-order valence-corrected chi connectivity index (χ2v) is 4.96. The van der Waals surface area contributed by atoms with Gasteiger partial charge in [-0.2, -0.15) is 0 Å². The highest BCUT2D eigenvalue weighted by molar-refractivity contribution is 4.94. The van der Waals surface area contributed by atoms with Crippen LogP contribution in [0.1, 0.15) is 51.9 Å². The van der Waals surface area contributed by atoms with E-state index in [-0.39, 0.29) is 6.10 Å². The summed E-state index contributed by atoms with van der Waals surface area (Å²) in [6.07, 6.45) is 8.73. The quantitative estimate of drug-likeness (QED) is 0.698. The Kier molecular flexibility index (Phi) is 3.45. The van der Waals surface area contributed by atoms with E-state index in [9.17, 15) is 5.11 Å². The number of piperidine rings is 1. The van der Waals surface area contributed by atoms with Gasteiger partial charge in [0.05, 0.1) is 6.10 Å². The molecule has 0 aliphatic carbocycles. The van der Waals surface area contributed by atoms with Crippen molar-refractivity contribution in [3.05, 3.63) is 0 Å². The van der Waals surface area contributed by atoms with Crippen LogP contribution in [-0.2, 0) is 0 Å². The van der Waals surface area contributed by atoms with Gasteiger partial charge in [0.25, 0.3) is 0 Å². The van der Waals surface area contributed by atoms with Crippen molar-refractivity contribution in [3.63, 3.8) is 0 Å². The minimum absolute atomic E-state index is 0.00470. The third kappa shape index (κ3) is 2.12. The minimum atomic E-state index is -0.00470. The standard InChI is InChI=1S/C12H23NO/c1-2-3-4-7-13-10-5-6-11(13)9-12(14)8-10/h10-12,14H,2-9H2,1H3. The lowest BCUT2D eigenvalue weighted by Crippen LogP contribution is -2.44. The molecule has 2 unspecified atom stereocenters. The van der Waals surface area contributed by atoms with Crippen molar-refractivity contribution in [2.24, 2.45) is 0 Å². The third-order valence-electron chi connectivity index (χ3n) is 3.88. The summed E-state index contributed by atoms with van der Waals surface area (Å²) in [5.41, 5.74) is 0. The molecule has 0 aromatic rings. The van der Waals surface area contributed by atoms with E-state index in [0.717, 1.165) is 12.8 Å². The summed E-state index contributed by atoms with van der Waals surface area (Å²) in [6, 6.07) is 1.42. The highest BCUT2D eigenvalue weighted by atomic mass is 16.3. The van der Waals surface area contributed by atoms with E-state index in [2.05, 4.69) is 11.8 Å². The van der Waals surface area contributed by atoms with Crippen LogP contribution in [0, 0.1) is 0 Å². The van der Waals surface area contributed by atoms with Crippen LogP contribution in [-0.4, -0.2) is 34.7 Å². The molecule has 1 N–H and O–H groups in total. The van der Waals surface area contributed by atoms with Crippen molar-refractivity contribution >= 4 is 0 Å². The van der Waals surface area contributed by atoms with Crippen LogP contribution in [0.5, 0.6) is 0 Å². The molecule has 14 heavy (non-hydrogen) atoms. The summed E-state index contributed by atoms with van der Waals surface area (Å²) < 4.78 is 0. The first-order chi connectivity index (χ1) is 6.81. The number of nitrogens with zero attached hydrogens (tertiary/aromatic N) is 1. The average Bonchev–Trinajstić information content (AvgIpc) is 2.42. The van der Waals surface area contributed by atoms with Gasteiger partial charge >= 0.3 is 0 Å². The molecule has 0 amide bonds. The van der Waals surface area contributed by atoms with Crippen LogP contribution in [0.15, 0.2) is 0 Å². The van der Waals surface area contributed by atoms with Gasteiger partial charge < -0.3 is 5.11 Å². The lowest BCUT2D eigenvalue weighted by Gasteiger charge is -2.37. The van der Waals surface area contributed by atoms with Crippen LogP contribution < -0.4 is 0 Å². The Balaban J connectivity index is 1.82. The van der Waals surface area contributed by atoms with Crippen LogP contribution in [0.3, 0.4) is 0 Å². The fourth-order valence-electron chi connectivity index (χ4n) is 3.15. The lowest BCUT2D eigenvalue weighted by molar-refractivity contribution is 0.0347. The minimum Gasteiger partial charge on any atom is -0.393 e. The molecule has 2 aliphatic heterocycles.